The number of rotatable bonds is 16. The Kier molecular flexibility index (Phi) is 11.9. The number of aryl methyl sites for hydroxylation is 1. The van der Waals surface area contributed by atoms with Crippen molar-refractivity contribution in [2.75, 3.05) is 6.61 Å². The SMILES string of the molecule is CCCCC(CCCC)Oc1ccc(C(=O)c2cc(CCCC(=O)OCC)n(C)c2CC)cc1. The van der Waals surface area contributed by atoms with Crippen molar-refractivity contribution in [3.63, 3.8) is 0 Å². The number of unbranched alkanes of at least 4 members (excludes halogenated alkanes) is 2. The van der Waals surface area contributed by atoms with Crippen LogP contribution in [-0.4, -0.2) is 29.0 Å². The van der Waals surface area contributed by atoms with Gasteiger partial charge in [-0.25, -0.2) is 0 Å². The fourth-order valence-corrected chi connectivity index (χ4v) is 4.37. The third kappa shape index (κ3) is 8.03. The molecule has 0 radical (unpaired) electrons. The van der Waals surface area contributed by atoms with Crippen molar-refractivity contribution in [2.45, 2.75) is 98.0 Å². The maximum Gasteiger partial charge on any atom is 0.305 e. The maximum atomic E-state index is 13.3. The Labute approximate surface area is 205 Å². The summed E-state index contributed by atoms with van der Waals surface area (Å²) in [5.41, 5.74) is 3.51. The van der Waals surface area contributed by atoms with Gasteiger partial charge in [-0.15, -0.1) is 0 Å². The summed E-state index contributed by atoms with van der Waals surface area (Å²) in [4.78, 5) is 25.0. The molecule has 34 heavy (non-hydrogen) atoms. The molecular formula is C29H43NO4. The van der Waals surface area contributed by atoms with Gasteiger partial charge < -0.3 is 14.0 Å². The minimum atomic E-state index is -0.169. The first-order valence-electron chi connectivity index (χ1n) is 13.1. The molecule has 1 heterocycles. The monoisotopic (exact) mass is 469 g/mol. The van der Waals surface area contributed by atoms with E-state index in [9.17, 15) is 9.59 Å². The molecule has 1 aromatic heterocycles. The van der Waals surface area contributed by atoms with E-state index >= 15 is 0 Å². The highest BCUT2D eigenvalue weighted by molar-refractivity contribution is 6.10. The first-order chi connectivity index (χ1) is 16.4. The van der Waals surface area contributed by atoms with E-state index in [1.54, 1.807) is 0 Å². The van der Waals surface area contributed by atoms with Gasteiger partial charge in [0.25, 0.3) is 0 Å². The van der Waals surface area contributed by atoms with Crippen LogP contribution in [0, 0.1) is 0 Å². The molecule has 0 spiro atoms. The number of ketones is 1. The summed E-state index contributed by atoms with van der Waals surface area (Å²) >= 11 is 0. The molecule has 5 heteroatoms. The number of carbonyl (C=O) groups excluding carboxylic acids is 2. The van der Waals surface area contributed by atoms with E-state index in [1.807, 2.05) is 44.3 Å². The van der Waals surface area contributed by atoms with E-state index in [2.05, 4.69) is 25.3 Å². The van der Waals surface area contributed by atoms with Crippen molar-refractivity contribution in [1.29, 1.82) is 0 Å². The Balaban J connectivity index is 2.10. The molecule has 2 rings (SSSR count). The fourth-order valence-electron chi connectivity index (χ4n) is 4.37. The lowest BCUT2D eigenvalue weighted by Crippen LogP contribution is -2.16. The molecule has 188 valence electrons. The highest BCUT2D eigenvalue weighted by Gasteiger charge is 2.19. The van der Waals surface area contributed by atoms with Gasteiger partial charge in [-0.05, 0) is 69.4 Å². The number of aromatic nitrogens is 1. The number of hydrogen-bond donors (Lipinski definition) is 0. The molecule has 0 bridgehead atoms. The second-order valence-corrected chi connectivity index (χ2v) is 8.95. The first-order valence-corrected chi connectivity index (χ1v) is 13.1. The Morgan fingerprint density at radius 2 is 1.59 bits per heavy atom. The summed E-state index contributed by atoms with van der Waals surface area (Å²) in [5.74, 6) is 0.694. The smallest absolute Gasteiger partial charge is 0.305 e. The molecule has 0 N–H and O–H groups in total. The van der Waals surface area contributed by atoms with Crippen LogP contribution in [-0.2, 0) is 29.4 Å². The van der Waals surface area contributed by atoms with Crippen LogP contribution >= 0.6 is 0 Å². The summed E-state index contributed by atoms with van der Waals surface area (Å²) in [6.45, 7) is 8.70. The average Bonchev–Trinajstić information content (AvgIpc) is 3.16. The summed E-state index contributed by atoms with van der Waals surface area (Å²) in [7, 11) is 2.00. The van der Waals surface area contributed by atoms with Crippen LogP contribution in [0.4, 0.5) is 0 Å². The van der Waals surface area contributed by atoms with E-state index < -0.39 is 0 Å². The van der Waals surface area contributed by atoms with Crippen molar-refractivity contribution in [2.24, 2.45) is 7.05 Å². The van der Waals surface area contributed by atoms with Crippen LogP contribution in [0.5, 0.6) is 5.75 Å². The zero-order chi connectivity index (χ0) is 24.9. The molecule has 5 nitrogen and oxygen atoms in total. The number of hydrogen-bond acceptors (Lipinski definition) is 4. The summed E-state index contributed by atoms with van der Waals surface area (Å²) in [6, 6.07) is 9.59. The first kappa shape index (κ1) is 27.7. The summed E-state index contributed by atoms with van der Waals surface area (Å²) in [6.07, 6.45) is 9.65. The molecular weight excluding hydrogens is 426 g/mol. The molecule has 0 aliphatic rings. The minimum Gasteiger partial charge on any atom is -0.490 e. The lowest BCUT2D eigenvalue weighted by Gasteiger charge is -2.19. The predicted octanol–water partition coefficient (Wildman–Crippen LogP) is 6.83. The zero-order valence-corrected chi connectivity index (χ0v) is 21.8. The van der Waals surface area contributed by atoms with Crippen molar-refractivity contribution < 1.29 is 19.1 Å². The van der Waals surface area contributed by atoms with Crippen LogP contribution in [0.15, 0.2) is 30.3 Å². The normalized spacial score (nSPS) is 11.1. The van der Waals surface area contributed by atoms with Crippen LogP contribution < -0.4 is 4.74 Å². The molecule has 1 aromatic carbocycles. The summed E-state index contributed by atoms with van der Waals surface area (Å²) < 4.78 is 13.4. The number of benzene rings is 1. The quantitative estimate of drug-likeness (QED) is 0.200. The van der Waals surface area contributed by atoms with Gasteiger partial charge in [0, 0.05) is 36.0 Å². The van der Waals surface area contributed by atoms with Crippen molar-refractivity contribution in [1.82, 2.24) is 4.57 Å². The second-order valence-electron chi connectivity index (χ2n) is 8.95. The third-order valence-corrected chi connectivity index (χ3v) is 6.33. The highest BCUT2D eigenvalue weighted by atomic mass is 16.5. The van der Waals surface area contributed by atoms with Gasteiger partial charge in [0.1, 0.15) is 5.75 Å². The fraction of sp³-hybridized carbons (Fsp3) is 0.586. The predicted molar refractivity (Wildman–Crippen MR) is 138 cm³/mol. The van der Waals surface area contributed by atoms with Gasteiger partial charge in [0.05, 0.1) is 12.7 Å². The largest absolute Gasteiger partial charge is 0.490 e. The van der Waals surface area contributed by atoms with Crippen LogP contribution in [0.1, 0.15) is 106 Å². The van der Waals surface area contributed by atoms with Gasteiger partial charge in [-0.3, -0.25) is 9.59 Å². The highest BCUT2D eigenvalue weighted by Crippen LogP contribution is 2.24. The lowest BCUT2D eigenvalue weighted by molar-refractivity contribution is -0.143. The van der Waals surface area contributed by atoms with Gasteiger partial charge >= 0.3 is 5.97 Å². The average molecular weight is 470 g/mol. The molecule has 0 amide bonds. The van der Waals surface area contributed by atoms with E-state index in [4.69, 9.17) is 9.47 Å². The molecule has 0 fully saturated rings. The van der Waals surface area contributed by atoms with Gasteiger partial charge in [-0.2, -0.15) is 0 Å². The number of esters is 1. The molecule has 0 atom stereocenters. The second kappa shape index (κ2) is 14.6. The molecule has 0 saturated carbocycles. The third-order valence-electron chi connectivity index (χ3n) is 6.33. The number of ether oxygens (including phenoxy) is 2. The topological polar surface area (TPSA) is 57.5 Å². The van der Waals surface area contributed by atoms with Crippen LogP contribution in [0.25, 0.3) is 0 Å². The van der Waals surface area contributed by atoms with Crippen molar-refractivity contribution in [3.05, 3.63) is 52.8 Å². The number of carbonyl (C=O) groups is 2. The minimum absolute atomic E-state index is 0.0316. The maximum absolute atomic E-state index is 13.3. The van der Waals surface area contributed by atoms with E-state index in [0.29, 0.717) is 25.0 Å². The van der Waals surface area contributed by atoms with Crippen LogP contribution in [0.3, 0.4) is 0 Å². The Morgan fingerprint density at radius 1 is 0.941 bits per heavy atom. The molecule has 0 aliphatic heterocycles. The molecule has 2 aromatic rings. The van der Waals surface area contributed by atoms with Gasteiger partial charge in [0.2, 0.25) is 0 Å². The Hall–Kier alpha value is -2.56. The van der Waals surface area contributed by atoms with E-state index in [1.165, 1.54) is 25.7 Å². The molecule has 0 unspecified atom stereocenters. The lowest BCUT2D eigenvalue weighted by atomic mass is 10.0. The standard InChI is InChI=1S/C29H43NO4/c1-6-10-14-24(15-11-7-2)34-25-19-17-22(18-20-25)29(32)26-21-23(30(5)27(26)8-3)13-12-16-28(31)33-9-4/h17-21,24H,6-16H2,1-5H3. The van der Waals surface area contributed by atoms with E-state index in [0.717, 1.165) is 48.4 Å². The van der Waals surface area contributed by atoms with Crippen molar-refractivity contribution >= 4 is 11.8 Å². The Bertz CT molecular complexity index is 890. The Morgan fingerprint density at radius 3 is 2.15 bits per heavy atom. The van der Waals surface area contributed by atoms with Crippen LogP contribution in [0.2, 0.25) is 0 Å². The van der Waals surface area contributed by atoms with Gasteiger partial charge in [0.15, 0.2) is 5.78 Å². The number of nitrogens with zero attached hydrogens (tertiary/aromatic N) is 1. The van der Waals surface area contributed by atoms with Gasteiger partial charge in [-0.1, -0.05) is 46.5 Å². The zero-order valence-electron chi connectivity index (χ0n) is 21.8. The van der Waals surface area contributed by atoms with Crippen molar-refractivity contribution in [3.8, 4) is 5.75 Å². The molecule has 0 aliphatic carbocycles. The molecule has 0 saturated heterocycles. The summed E-state index contributed by atoms with van der Waals surface area (Å²) in [5, 5.41) is 0. The van der Waals surface area contributed by atoms with E-state index in [-0.39, 0.29) is 17.9 Å².